The zero-order chi connectivity index (χ0) is 78.3. The fourth-order valence-corrected chi connectivity index (χ4v) is 20.6. The minimum absolute atomic E-state index is 0.00202. The summed E-state index contributed by atoms with van der Waals surface area (Å²) in [6.45, 7) is 18.5. The van der Waals surface area contributed by atoms with Crippen LogP contribution in [0.3, 0.4) is 0 Å². The molecule has 560 valence electrons. The van der Waals surface area contributed by atoms with Gasteiger partial charge in [0.25, 0.3) is 0 Å². The predicted molar refractivity (Wildman–Crippen MR) is 490 cm³/mol. The summed E-state index contributed by atoms with van der Waals surface area (Å²) in [5.41, 5.74) is 36.1. The number of para-hydroxylation sites is 3. The van der Waals surface area contributed by atoms with Gasteiger partial charge in [0.05, 0.1) is 33.2 Å². The number of fused-ring (bicyclic) bond motifs is 24. The Morgan fingerprint density at radius 2 is 0.560 bits per heavy atom. The van der Waals surface area contributed by atoms with Crippen LogP contribution in [0.4, 0.5) is 45.5 Å². The maximum Gasteiger partial charge on any atom is 0.137 e. The number of nitrogens with one attached hydrogen (secondary N) is 4. The predicted octanol–water partition coefficient (Wildman–Crippen LogP) is 31.0. The molecular weight excluding hydrogens is 1430 g/mol. The smallest absolute Gasteiger partial charge is 0.137 e. The topological polar surface area (TPSA) is 87.5 Å². The fourth-order valence-electron chi connectivity index (χ4n) is 19.5. The quantitative estimate of drug-likeness (QED) is 0.121. The van der Waals surface area contributed by atoms with E-state index in [1.165, 1.54) is 115 Å². The lowest BCUT2D eigenvalue weighted by molar-refractivity contribution is 0.660. The van der Waals surface area contributed by atoms with E-state index in [4.69, 9.17) is 13.3 Å². The first-order valence-electron chi connectivity index (χ1n) is 40.2. The molecule has 0 bridgehead atoms. The SMILES string of the molecule is CC1(C)c2ccccc2-c2c(Nc3cccc4oc5ccccc5c34)cccc21.CC1(C)c2ccccc2-c2cc(Nc3cccc4oc5ccccc5c34)ccc21.CC1(C)c2ccccc2-c2ccc(Nc3cccc4sc5ccccc5c34)cc21.CC1(C)c2ccccc2-c2cccc(Nc3cccc4oc5ccccc5c34)c21. The summed E-state index contributed by atoms with van der Waals surface area (Å²) < 4.78 is 20.8. The van der Waals surface area contributed by atoms with E-state index in [2.05, 4.69) is 350 Å². The summed E-state index contributed by atoms with van der Waals surface area (Å²) in [5.74, 6) is 0. The summed E-state index contributed by atoms with van der Waals surface area (Å²) in [7, 11) is 0. The van der Waals surface area contributed by atoms with Crippen LogP contribution >= 0.6 is 11.3 Å². The number of thiophene rings is 1. The largest absolute Gasteiger partial charge is 0.456 e. The highest BCUT2D eigenvalue weighted by Gasteiger charge is 2.40. The van der Waals surface area contributed by atoms with Gasteiger partial charge in [0.2, 0.25) is 0 Å². The Morgan fingerprint density at radius 3 is 1.15 bits per heavy atom. The Labute approximate surface area is 678 Å². The lowest BCUT2D eigenvalue weighted by Gasteiger charge is -2.25. The number of rotatable bonds is 8. The van der Waals surface area contributed by atoms with E-state index in [0.29, 0.717) is 0 Å². The lowest BCUT2D eigenvalue weighted by atomic mass is 9.81. The van der Waals surface area contributed by atoms with Crippen molar-refractivity contribution >= 4 is 143 Å². The average molecular weight is 1520 g/mol. The third kappa shape index (κ3) is 11.3. The van der Waals surface area contributed by atoms with Gasteiger partial charge in [-0.25, -0.2) is 0 Å². The van der Waals surface area contributed by atoms with Gasteiger partial charge < -0.3 is 34.5 Å². The van der Waals surface area contributed by atoms with E-state index in [1.54, 1.807) is 0 Å². The molecule has 4 aromatic heterocycles. The maximum absolute atomic E-state index is 6.08. The minimum Gasteiger partial charge on any atom is -0.456 e. The zero-order valence-electron chi connectivity index (χ0n) is 66.0. The van der Waals surface area contributed by atoms with E-state index >= 15 is 0 Å². The molecule has 16 aromatic carbocycles. The van der Waals surface area contributed by atoms with Crippen LogP contribution in [0.1, 0.15) is 99.9 Å². The standard InChI is InChI=1S/3C27H21NO.C27H21NS/c1-27(2)20-12-5-3-9-17(20)18-11-7-14-22(26(18)27)28-21-13-8-16-24-25(21)19-10-4-6-15-23(19)29-24;1-27(2)19-11-5-3-9-17(19)25-20(27)12-7-13-21(25)28-22-14-8-16-24-26(22)18-10-4-6-15-23(18)29-24;1-27(2)21-10-5-3-8-18(21)20-16-17(14-15-22(20)27)28-23-11-7-13-25-26(23)19-9-4-6-12-24(19)29-25;1-27(2)21-10-5-3-8-18(21)19-15-14-17(16-22(19)27)28-23-11-7-13-25-26(23)20-9-4-6-12-24(20)29-25/h4*3-16,28H,1-2H3. The molecule has 0 spiro atoms. The molecule has 116 heavy (non-hydrogen) atoms. The molecule has 7 nitrogen and oxygen atoms in total. The van der Waals surface area contributed by atoms with Gasteiger partial charge in [0.15, 0.2) is 0 Å². The van der Waals surface area contributed by atoms with Crippen molar-refractivity contribution in [2.75, 3.05) is 21.3 Å². The molecule has 8 heteroatoms. The van der Waals surface area contributed by atoms with Crippen molar-refractivity contribution in [3.63, 3.8) is 0 Å². The minimum atomic E-state index is -0.0537. The molecule has 20 aromatic rings. The summed E-state index contributed by atoms with van der Waals surface area (Å²) in [4.78, 5) is 0. The van der Waals surface area contributed by atoms with E-state index in [0.717, 1.165) is 106 Å². The van der Waals surface area contributed by atoms with Gasteiger partial charge in [-0.2, -0.15) is 0 Å². The highest BCUT2D eigenvalue weighted by molar-refractivity contribution is 7.26. The van der Waals surface area contributed by atoms with Gasteiger partial charge in [-0.3, -0.25) is 0 Å². The molecule has 0 aliphatic heterocycles. The lowest BCUT2D eigenvalue weighted by Crippen LogP contribution is -2.16. The second kappa shape index (κ2) is 27.0. The monoisotopic (exact) mass is 1520 g/mol. The first kappa shape index (κ1) is 70.2. The third-order valence-corrected chi connectivity index (χ3v) is 26.2. The van der Waals surface area contributed by atoms with Crippen molar-refractivity contribution in [2.24, 2.45) is 0 Å². The van der Waals surface area contributed by atoms with Gasteiger partial charge in [-0.1, -0.05) is 286 Å². The van der Waals surface area contributed by atoms with Gasteiger partial charge >= 0.3 is 0 Å². The van der Waals surface area contributed by atoms with Crippen LogP contribution in [-0.2, 0) is 21.7 Å². The first-order valence-corrected chi connectivity index (χ1v) is 41.0. The average Bonchev–Trinajstić information content (AvgIpc) is 1.59. The Balaban J connectivity index is 0.0000000966. The maximum atomic E-state index is 6.08. The van der Waals surface area contributed by atoms with Crippen molar-refractivity contribution in [1.29, 1.82) is 0 Å². The van der Waals surface area contributed by atoms with E-state index in [-0.39, 0.29) is 21.7 Å². The molecule has 4 N–H and O–H groups in total. The van der Waals surface area contributed by atoms with Crippen molar-refractivity contribution < 1.29 is 13.3 Å². The van der Waals surface area contributed by atoms with Crippen LogP contribution < -0.4 is 21.3 Å². The normalized spacial score (nSPS) is 14.1. The van der Waals surface area contributed by atoms with Crippen molar-refractivity contribution in [2.45, 2.75) is 77.0 Å². The molecule has 24 rings (SSSR count). The Hall–Kier alpha value is -13.7. The van der Waals surface area contributed by atoms with E-state index in [9.17, 15) is 0 Å². The Morgan fingerprint density at radius 1 is 0.216 bits per heavy atom. The van der Waals surface area contributed by atoms with Crippen LogP contribution in [0.2, 0.25) is 0 Å². The second-order valence-electron chi connectivity index (χ2n) is 33.3. The highest BCUT2D eigenvalue weighted by Crippen LogP contribution is 2.56. The number of benzene rings is 16. The molecule has 0 saturated carbocycles. The molecule has 0 amide bonds. The highest BCUT2D eigenvalue weighted by atomic mass is 32.1. The van der Waals surface area contributed by atoms with Crippen LogP contribution in [0.15, 0.2) is 353 Å². The van der Waals surface area contributed by atoms with Gasteiger partial charge in [0.1, 0.15) is 33.5 Å². The van der Waals surface area contributed by atoms with Crippen molar-refractivity contribution in [3.8, 4) is 44.5 Å². The Bertz CT molecular complexity index is 7370. The van der Waals surface area contributed by atoms with Crippen molar-refractivity contribution in [3.05, 3.63) is 384 Å². The summed E-state index contributed by atoms with van der Waals surface area (Å²) in [5, 5.41) is 24.3. The summed E-state index contributed by atoms with van der Waals surface area (Å²) in [6.07, 6.45) is 0. The van der Waals surface area contributed by atoms with E-state index < -0.39 is 0 Å². The number of hydrogen-bond acceptors (Lipinski definition) is 8. The third-order valence-electron chi connectivity index (χ3n) is 25.1. The van der Waals surface area contributed by atoms with Gasteiger partial charge in [0, 0.05) is 92.0 Å². The molecule has 4 aliphatic rings. The molecule has 0 radical (unpaired) electrons. The first-order chi connectivity index (χ1) is 56.5. The molecule has 0 unspecified atom stereocenters. The molecule has 0 atom stereocenters. The second-order valence-corrected chi connectivity index (χ2v) is 34.4. The molecule has 4 aliphatic carbocycles. The molecular formula is C108H84N4O3S. The number of hydrogen-bond donors (Lipinski definition) is 4. The van der Waals surface area contributed by atoms with Gasteiger partial charge in [-0.05, 0) is 193 Å². The number of anilines is 8. The van der Waals surface area contributed by atoms with Crippen molar-refractivity contribution in [1.82, 2.24) is 0 Å². The summed E-state index contributed by atoms with van der Waals surface area (Å²) in [6, 6.07) is 120. The van der Waals surface area contributed by atoms with Crippen LogP contribution in [-0.4, -0.2) is 0 Å². The molecule has 0 fully saturated rings. The summed E-state index contributed by atoms with van der Waals surface area (Å²) >= 11 is 1.86. The van der Waals surface area contributed by atoms with Crippen LogP contribution in [0.25, 0.3) is 130 Å². The van der Waals surface area contributed by atoms with Crippen LogP contribution in [0, 0.1) is 0 Å². The fraction of sp³-hybridized carbons (Fsp3) is 0.111. The molecule has 4 heterocycles. The van der Waals surface area contributed by atoms with Crippen LogP contribution in [0.5, 0.6) is 0 Å². The Kier molecular flexibility index (Phi) is 16.4. The zero-order valence-corrected chi connectivity index (χ0v) is 66.8. The number of furan rings is 3. The molecule has 0 saturated heterocycles. The van der Waals surface area contributed by atoms with Gasteiger partial charge in [-0.15, -0.1) is 11.3 Å². The van der Waals surface area contributed by atoms with E-state index in [1.807, 2.05) is 78.1 Å².